The molecule has 0 N–H and O–H groups in total. The van der Waals surface area contributed by atoms with Crippen LogP contribution in [0, 0.1) is 0 Å². The first-order chi connectivity index (χ1) is 8.19. The molecule has 0 unspecified atom stereocenters. The van der Waals surface area contributed by atoms with Gasteiger partial charge < -0.3 is 4.74 Å². The fraction of sp³-hybridized carbons (Fsp3) is 0.267. The monoisotopic (exact) mass is 228 g/mol. The van der Waals surface area contributed by atoms with E-state index in [-0.39, 0.29) is 5.78 Å². The van der Waals surface area contributed by atoms with Gasteiger partial charge in [0.25, 0.3) is 0 Å². The summed E-state index contributed by atoms with van der Waals surface area (Å²) in [5.41, 5.74) is 3.16. The number of ketones is 1. The molecule has 88 valence electrons. The van der Waals surface area contributed by atoms with Crippen LogP contribution in [-0.2, 0) is 0 Å². The molecule has 0 radical (unpaired) electrons. The summed E-state index contributed by atoms with van der Waals surface area (Å²) in [6, 6.07) is 7.31. The van der Waals surface area contributed by atoms with Gasteiger partial charge in [-0.15, -0.1) is 0 Å². The third-order valence-corrected chi connectivity index (χ3v) is 2.90. The second kappa shape index (κ2) is 5.00. The Morgan fingerprint density at radius 3 is 2.88 bits per heavy atom. The van der Waals surface area contributed by atoms with Crippen molar-refractivity contribution in [2.45, 2.75) is 19.8 Å². The molecule has 0 aliphatic heterocycles. The molecule has 0 saturated heterocycles. The van der Waals surface area contributed by atoms with Crippen LogP contribution in [0.3, 0.4) is 0 Å². The zero-order valence-corrected chi connectivity index (χ0v) is 10.2. The Hall–Kier alpha value is -1.83. The Bertz CT molecular complexity index is 495. The molecule has 0 spiro atoms. The molecule has 0 bridgehead atoms. The number of hydrogen-bond acceptors (Lipinski definition) is 2. The van der Waals surface area contributed by atoms with Crippen LogP contribution in [0.5, 0.6) is 5.75 Å². The molecule has 2 heteroatoms. The van der Waals surface area contributed by atoms with Crippen molar-refractivity contribution in [1.82, 2.24) is 0 Å². The van der Waals surface area contributed by atoms with Gasteiger partial charge in [0.2, 0.25) is 0 Å². The van der Waals surface area contributed by atoms with E-state index in [9.17, 15) is 4.79 Å². The lowest BCUT2D eigenvalue weighted by molar-refractivity contribution is 0.0992. The molecule has 0 aromatic heterocycles. The van der Waals surface area contributed by atoms with Crippen molar-refractivity contribution in [2.24, 2.45) is 0 Å². The molecule has 0 saturated carbocycles. The Labute approximate surface area is 102 Å². The van der Waals surface area contributed by atoms with Gasteiger partial charge in [0.1, 0.15) is 5.75 Å². The van der Waals surface area contributed by atoms with Crippen LogP contribution in [0.25, 0.3) is 0 Å². The number of carbonyl (C=O) groups is 1. The van der Waals surface area contributed by atoms with Crippen LogP contribution in [0.4, 0.5) is 0 Å². The SMILES string of the molecule is COc1cccc(C(=O)CC2=CC(C)=CC2)c1. The van der Waals surface area contributed by atoms with Gasteiger partial charge >= 0.3 is 0 Å². The summed E-state index contributed by atoms with van der Waals surface area (Å²) >= 11 is 0. The standard InChI is InChI=1S/C15H16O2/c1-11-6-7-12(8-11)9-15(16)13-4-3-5-14(10-13)17-2/h3-6,8,10H,7,9H2,1-2H3. The van der Waals surface area contributed by atoms with Crippen molar-refractivity contribution >= 4 is 5.78 Å². The number of allylic oxidation sites excluding steroid dienone is 4. The van der Waals surface area contributed by atoms with E-state index in [1.54, 1.807) is 13.2 Å². The van der Waals surface area contributed by atoms with E-state index >= 15 is 0 Å². The van der Waals surface area contributed by atoms with Crippen LogP contribution in [-0.4, -0.2) is 12.9 Å². The van der Waals surface area contributed by atoms with Gasteiger partial charge in [-0.2, -0.15) is 0 Å². The van der Waals surface area contributed by atoms with E-state index in [2.05, 4.69) is 19.1 Å². The van der Waals surface area contributed by atoms with E-state index in [0.717, 1.165) is 17.7 Å². The van der Waals surface area contributed by atoms with E-state index in [1.165, 1.54) is 11.1 Å². The van der Waals surface area contributed by atoms with Crippen molar-refractivity contribution in [2.75, 3.05) is 7.11 Å². The van der Waals surface area contributed by atoms with Crippen LogP contribution in [0.1, 0.15) is 30.1 Å². The molecule has 0 amide bonds. The molecular weight excluding hydrogens is 212 g/mol. The fourth-order valence-corrected chi connectivity index (χ4v) is 1.96. The first-order valence-corrected chi connectivity index (χ1v) is 5.72. The highest BCUT2D eigenvalue weighted by molar-refractivity contribution is 5.98. The molecule has 1 aliphatic carbocycles. The molecule has 0 fully saturated rings. The van der Waals surface area contributed by atoms with Crippen molar-refractivity contribution < 1.29 is 9.53 Å². The largest absolute Gasteiger partial charge is 0.497 e. The fourth-order valence-electron chi connectivity index (χ4n) is 1.96. The van der Waals surface area contributed by atoms with E-state index in [0.29, 0.717) is 6.42 Å². The molecule has 1 aromatic carbocycles. The lowest BCUT2D eigenvalue weighted by Gasteiger charge is -2.04. The molecule has 1 aromatic rings. The maximum absolute atomic E-state index is 12.1. The molecular formula is C15H16O2. The van der Waals surface area contributed by atoms with Gasteiger partial charge in [-0.05, 0) is 25.5 Å². The predicted molar refractivity (Wildman–Crippen MR) is 68.4 cm³/mol. The summed E-state index contributed by atoms with van der Waals surface area (Å²) in [5.74, 6) is 0.879. The van der Waals surface area contributed by atoms with Crippen molar-refractivity contribution in [3.63, 3.8) is 0 Å². The number of benzene rings is 1. The van der Waals surface area contributed by atoms with Gasteiger partial charge in [-0.3, -0.25) is 4.79 Å². The minimum absolute atomic E-state index is 0.151. The summed E-state index contributed by atoms with van der Waals surface area (Å²) in [7, 11) is 1.61. The zero-order valence-electron chi connectivity index (χ0n) is 10.2. The highest BCUT2D eigenvalue weighted by Gasteiger charge is 2.11. The van der Waals surface area contributed by atoms with Gasteiger partial charge in [-0.1, -0.05) is 35.4 Å². The number of hydrogen-bond donors (Lipinski definition) is 0. The van der Waals surface area contributed by atoms with Crippen molar-refractivity contribution in [3.05, 3.63) is 53.1 Å². The number of ether oxygens (including phenoxy) is 1. The number of rotatable bonds is 4. The topological polar surface area (TPSA) is 26.3 Å². The second-order valence-corrected chi connectivity index (χ2v) is 4.29. The second-order valence-electron chi connectivity index (χ2n) is 4.29. The number of methoxy groups -OCH3 is 1. The minimum Gasteiger partial charge on any atom is -0.497 e. The summed E-state index contributed by atoms with van der Waals surface area (Å²) in [6.07, 6.45) is 5.65. The first-order valence-electron chi connectivity index (χ1n) is 5.72. The first kappa shape index (κ1) is 11.6. The van der Waals surface area contributed by atoms with E-state index in [4.69, 9.17) is 4.74 Å². The van der Waals surface area contributed by atoms with E-state index < -0.39 is 0 Å². The van der Waals surface area contributed by atoms with Crippen LogP contribution in [0.2, 0.25) is 0 Å². The summed E-state index contributed by atoms with van der Waals surface area (Å²) in [4.78, 5) is 12.1. The highest BCUT2D eigenvalue weighted by atomic mass is 16.5. The van der Waals surface area contributed by atoms with E-state index in [1.807, 2.05) is 18.2 Å². The van der Waals surface area contributed by atoms with Crippen molar-refractivity contribution in [1.29, 1.82) is 0 Å². The quantitative estimate of drug-likeness (QED) is 0.737. The summed E-state index contributed by atoms with van der Waals surface area (Å²) in [6.45, 7) is 2.06. The average molecular weight is 228 g/mol. The molecule has 0 atom stereocenters. The number of carbonyl (C=O) groups excluding carboxylic acids is 1. The van der Waals surface area contributed by atoms with Crippen LogP contribution < -0.4 is 4.74 Å². The molecule has 2 nitrogen and oxygen atoms in total. The Kier molecular flexibility index (Phi) is 3.43. The molecule has 2 rings (SSSR count). The van der Waals surface area contributed by atoms with Gasteiger partial charge in [0.05, 0.1) is 7.11 Å². The number of Topliss-reactive ketones (excluding diaryl/α,β-unsaturated/α-hetero) is 1. The predicted octanol–water partition coefficient (Wildman–Crippen LogP) is 3.54. The maximum atomic E-state index is 12.1. The zero-order chi connectivity index (χ0) is 12.3. The maximum Gasteiger partial charge on any atom is 0.167 e. The molecule has 17 heavy (non-hydrogen) atoms. The Balaban J connectivity index is 2.07. The molecule has 1 aliphatic rings. The summed E-state index contributed by atoms with van der Waals surface area (Å²) in [5, 5.41) is 0. The summed E-state index contributed by atoms with van der Waals surface area (Å²) < 4.78 is 5.11. The Morgan fingerprint density at radius 1 is 1.41 bits per heavy atom. The van der Waals surface area contributed by atoms with Gasteiger partial charge in [-0.25, -0.2) is 0 Å². The third-order valence-electron chi connectivity index (χ3n) is 2.90. The van der Waals surface area contributed by atoms with Crippen molar-refractivity contribution in [3.8, 4) is 5.75 Å². The Morgan fingerprint density at radius 2 is 2.24 bits per heavy atom. The molecule has 0 heterocycles. The lowest BCUT2D eigenvalue weighted by atomic mass is 10.0. The van der Waals surface area contributed by atoms with Gasteiger partial charge in [0, 0.05) is 12.0 Å². The lowest BCUT2D eigenvalue weighted by Crippen LogP contribution is -2.00. The van der Waals surface area contributed by atoms with Crippen LogP contribution >= 0.6 is 0 Å². The third kappa shape index (κ3) is 2.84. The van der Waals surface area contributed by atoms with Crippen LogP contribution in [0.15, 0.2) is 47.6 Å². The highest BCUT2D eigenvalue weighted by Crippen LogP contribution is 2.22. The minimum atomic E-state index is 0.151. The van der Waals surface area contributed by atoms with Gasteiger partial charge in [0.15, 0.2) is 5.78 Å². The normalized spacial score (nSPS) is 14.2. The average Bonchev–Trinajstić information content (AvgIpc) is 2.75. The smallest absolute Gasteiger partial charge is 0.167 e.